The zero-order chi connectivity index (χ0) is 13.8. The van der Waals surface area contributed by atoms with E-state index in [0.29, 0.717) is 0 Å². The van der Waals surface area contributed by atoms with E-state index in [1.807, 2.05) is 36.4 Å². The van der Waals surface area contributed by atoms with Crippen molar-refractivity contribution in [2.45, 2.75) is 0 Å². The van der Waals surface area contributed by atoms with Crippen molar-refractivity contribution >= 4 is 45.1 Å². The molecule has 3 nitrogen and oxygen atoms in total. The number of rotatable bonds is 4. The molecule has 0 saturated heterocycles. The number of benzene rings is 1. The van der Waals surface area contributed by atoms with Crippen molar-refractivity contribution in [3.05, 3.63) is 51.8 Å². The highest BCUT2D eigenvalue weighted by Crippen LogP contribution is 2.30. The Hall–Kier alpha value is -1.72. The second-order valence-electron chi connectivity index (χ2n) is 3.72. The molecule has 0 aliphatic rings. The van der Waals surface area contributed by atoms with Crippen LogP contribution in [-0.2, 0) is 9.59 Å². The summed E-state index contributed by atoms with van der Waals surface area (Å²) >= 11 is 4.91. The Kier molecular flexibility index (Phi) is 4.29. The lowest BCUT2D eigenvalue weighted by Gasteiger charge is -1.97. The third kappa shape index (κ3) is 3.62. The van der Waals surface area contributed by atoms with Gasteiger partial charge in [0.1, 0.15) is 0 Å². The number of hydrogen-bond donors (Lipinski definition) is 1. The van der Waals surface area contributed by atoms with E-state index in [9.17, 15) is 9.59 Å². The molecule has 1 N–H and O–H groups in total. The van der Waals surface area contributed by atoms with Gasteiger partial charge in [0.15, 0.2) is 0 Å². The van der Waals surface area contributed by atoms with Gasteiger partial charge in [-0.2, -0.15) is 0 Å². The molecule has 96 valence electrons. The molecule has 5 heteroatoms. The summed E-state index contributed by atoms with van der Waals surface area (Å²) in [5.74, 6) is -2.36. The largest absolute Gasteiger partial charge is 0.475 e. The SMILES string of the molecule is O=C(O)C(=O)/C=C/c1ccc(-c2cccc(Br)c2)s1. The number of thiophene rings is 1. The molecule has 1 aromatic carbocycles. The highest BCUT2D eigenvalue weighted by Gasteiger charge is 2.06. The van der Waals surface area contributed by atoms with Crippen molar-refractivity contribution in [2.75, 3.05) is 0 Å². The first-order valence-electron chi connectivity index (χ1n) is 5.37. The van der Waals surface area contributed by atoms with Crippen LogP contribution in [0.3, 0.4) is 0 Å². The first-order chi connectivity index (χ1) is 9.06. The number of carboxylic acids is 1. The predicted molar refractivity (Wildman–Crippen MR) is 79.1 cm³/mol. The molecule has 0 saturated carbocycles. The van der Waals surface area contributed by atoms with E-state index in [4.69, 9.17) is 5.11 Å². The van der Waals surface area contributed by atoms with Crippen molar-refractivity contribution in [1.29, 1.82) is 0 Å². The lowest BCUT2D eigenvalue weighted by Crippen LogP contribution is -2.08. The molecule has 2 rings (SSSR count). The summed E-state index contributed by atoms with van der Waals surface area (Å²) in [6.45, 7) is 0. The van der Waals surface area contributed by atoms with Crippen LogP contribution in [0.25, 0.3) is 16.5 Å². The maximum atomic E-state index is 10.9. The summed E-state index contributed by atoms with van der Waals surface area (Å²) in [6, 6.07) is 11.7. The van der Waals surface area contributed by atoms with Gasteiger partial charge in [-0.25, -0.2) is 4.79 Å². The third-order valence-electron chi connectivity index (χ3n) is 2.35. The van der Waals surface area contributed by atoms with Crippen LogP contribution >= 0.6 is 27.3 Å². The molecular formula is C14H9BrO3S. The molecule has 0 amide bonds. The lowest BCUT2D eigenvalue weighted by atomic mass is 10.2. The van der Waals surface area contributed by atoms with E-state index in [1.165, 1.54) is 17.4 Å². The van der Waals surface area contributed by atoms with Crippen LogP contribution in [0.15, 0.2) is 46.9 Å². The first kappa shape index (κ1) is 13.7. The second kappa shape index (κ2) is 5.95. The fraction of sp³-hybridized carbons (Fsp3) is 0. The molecule has 19 heavy (non-hydrogen) atoms. The van der Waals surface area contributed by atoms with Crippen molar-refractivity contribution in [3.63, 3.8) is 0 Å². The number of halogens is 1. The normalized spacial score (nSPS) is 10.8. The van der Waals surface area contributed by atoms with Crippen LogP contribution in [0.4, 0.5) is 0 Å². The van der Waals surface area contributed by atoms with E-state index in [0.717, 1.165) is 25.9 Å². The number of carboxylic acid groups (broad SMARTS) is 1. The smallest absolute Gasteiger partial charge is 0.376 e. The lowest BCUT2D eigenvalue weighted by molar-refractivity contribution is -0.146. The summed E-state index contributed by atoms with van der Waals surface area (Å²) in [5, 5.41) is 8.47. The van der Waals surface area contributed by atoms with Crippen LogP contribution in [0, 0.1) is 0 Å². The minimum atomic E-state index is -1.44. The van der Waals surface area contributed by atoms with Gasteiger partial charge in [0, 0.05) is 14.2 Å². The van der Waals surface area contributed by atoms with E-state index < -0.39 is 11.8 Å². The summed E-state index contributed by atoms with van der Waals surface area (Å²) in [6.07, 6.45) is 2.58. The van der Waals surface area contributed by atoms with Gasteiger partial charge in [-0.05, 0) is 42.0 Å². The van der Waals surface area contributed by atoms with Gasteiger partial charge in [0.05, 0.1) is 0 Å². The maximum Gasteiger partial charge on any atom is 0.376 e. The molecule has 1 heterocycles. The molecule has 0 spiro atoms. The van der Waals surface area contributed by atoms with Crippen LogP contribution in [0.2, 0.25) is 0 Å². The fourth-order valence-electron chi connectivity index (χ4n) is 1.47. The van der Waals surface area contributed by atoms with Gasteiger partial charge < -0.3 is 5.11 Å². The molecule has 0 radical (unpaired) electrons. The fourth-order valence-corrected chi connectivity index (χ4v) is 2.77. The number of hydrogen-bond acceptors (Lipinski definition) is 3. The van der Waals surface area contributed by atoms with Crippen LogP contribution in [0.5, 0.6) is 0 Å². The molecule has 0 unspecified atom stereocenters. The van der Waals surface area contributed by atoms with E-state index in [-0.39, 0.29) is 0 Å². The molecule has 1 aromatic heterocycles. The molecule has 0 aliphatic carbocycles. The van der Waals surface area contributed by atoms with E-state index in [2.05, 4.69) is 15.9 Å². The van der Waals surface area contributed by atoms with E-state index in [1.54, 1.807) is 0 Å². The van der Waals surface area contributed by atoms with Crippen LogP contribution in [-0.4, -0.2) is 16.9 Å². The number of aliphatic carboxylic acids is 1. The van der Waals surface area contributed by atoms with Gasteiger partial charge in [-0.1, -0.05) is 28.1 Å². The minimum absolute atomic E-state index is 0.838. The zero-order valence-corrected chi connectivity index (χ0v) is 12.1. The van der Waals surface area contributed by atoms with Crippen molar-refractivity contribution < 1.29 is 14.7 Å². The topological polar surface area (TPSA) is 54.4 Å². The van der Waals surface area contributed by atoms with Crippen molar-refractivity contribution in [1.82, 2.24) is 0 Å². The average molecular weight is 337 g/mol. The Morgan fingerprint density at radius 3 is 2.68 bits per heavy atom. The Morgan fingerprint density at radius 2 is 2.00 bits per heavy atom. The Balaban J connectivity index is 2.20. The molecule has 0 bridgehead atoms. The summed E-state index contributed by atoms with van der Waals surface area (Å²) < 4.78 is 0.997. The Labute approximate surface area is 122 Å². The van der Waals surface area contributed by atoms with Gasteiger partial charge in [-0.3, -0.25) is 4.79 Å². The standard InChI is InChI=1S/C14H9BrO3S/c15-10-3-1-2-9(8-10)13-7-5-11(19-13)4-6-12(16)14(17)18/h1-8H,(H,17,18)/b6-4+. The maximum absolute atomic E-state index is 10.9. The number of carbonyl (C=O) groups excluding carboxylic acids is 1. The molecular weight excluding hydrogens is 328 g/mol. The molecule has 0 fully saturated rings. The summed E-state index contributed by atoms with van der Waals surface area (Å²) in [7, 11) is 0. The monoisotopic (exact) mass is 336 g/mol. The van der Waals surface area contributed by atoms with Crippen molar-refractivity contribution in [3.8, 4) is 10.4 Å². The highest BCUT2D eigenvalue weighted by molar-refractivity contribution is 9.10. The second-order valence-corrected chi connectivity index (χ2v) is 5.75. The van der Waals surface area contributed by atoms with Gasteiger partial charge in [-0.15, -0.1) is 11.3 Å². The predicted octanol–water partition coefficient (Wildman–Crippen LogP) is 3.84. The highest BCUT2D eigenvalue weighted by atomic mass is 79.9. The molecule has 0 aliphatic heterocycles. The Bertz CT molecular complexity index is 658. The minimum Gasteiger partial charge on any atom is -0.475 e. The van der Waals surface area contributed by atoms with Gasteiger partial charge >= 0.3 is 5.97 Å². The van der Waals surface area contributed by atoms with Crippen molar-refractivity contribution in [2.24, 2.45) is 0 Å². The van der Waals surface area contributed by atoms with Gasteiger partial charge in [0.2, 0.25) is 0 Å². The first-order valence-corrected chi connectivity index (χ1v) is 6.98. The van der Waals surface area contributed by atoms with Crippen LogP contribution in [0.1, 0.15) is 4.88 Å². The average Bonchev–Trinajstić information content (AvgIpc) is 2.84. The summed E-state index contributed by atoms with van der Waals surface area (Å²) in [4.78, 5) is 23.2. The van der Waals surface area contributed by atoms with E-state index >= 15 is 0 Å². The van der Waals surface area contributed by atoms with Gasteiger partial charge in [0.25, 0.3) is 5.78 Å². The third-order valence-corrected chi connectivity index (χ3v) is 3.94. The number of ketones is 1. The quantitative estimate of drug-likeness (QED) is 0.681. The summed E-state index contributed by atoms with van der Waals surface area (Å²) in [5.41, 5.74) is 1.07. The Morgan fingerprint density at radius 1 is 1.21 bits per heavy atom. The molecule has 2 aromatic rings. The molecule has 0 atom stereocenters. The zero-order valence-electron chi connectivity index (χ0n) is 9.67. The van der Waals surface area contributed by atoms with Crippen LogP contribution < -0.4 is 0 Å². The number of carbonyl (C=O) groups is 2.